The Bertz CT molecular complexity index is 360. The monoisotopic (exact) mass is 217 g/mol. The fraction of sp³-hybridized carbons (Fsp3) is 0.600. The van der Waals surface area contributed by atoms with Crippen molar-refractivity contribution in [1.82, 2.24) is 5.32 Å². The van der Waals surface area contributed by atoms with Gasteiger partial charge in [-0.25, -0.2) is 0 Å². The quantitative estimate of drug-likeness (QED) is 0.756. The van der Waals surface area contributed by atoms with Crippen molar-refractivity contribution in [1.29, 1.82) is 0 Å². The second-order valence-corrected chi connectivity index (χ2v) is 5.32. The summed E-state index contributed by atoms with van der Waals surface area (Å²) in [6.45, 7) is 7.98. The molecule has 1 N–H and O–H groups in total. The zero-order valence-electron chi connectivity index (χ0n) is 10.8. The summed E-state index contributed by atoms with van der Waals surface area (Å²) in [5.74, 6) is 0. The third kappa shape index (κ3) is 2.15. The molecule has 1 atom stereocenters. The van der Waals surface area contributed by atoms with Gasteiger partial charge in [0.2, 0.25) is 0 Å². The molecule has 0 bridgehead atoms. The number of rotatable bonds is 1. The first-order valence-electron chi connectivity index (χ1n) is 6.45. The van der Waals surface area contributed by atoms with Crippen molar-refractivity contribution in [3.63, 3.8) is 0 Å². The first-order valence-corrected chi connectivity index (χ1v) is 6.45. The van der Waals surface area contributed by atoms with Gasteiger partial charge in [0, 0.05) is 5.54 Å². The van der Waals surface area contributed by atoms with Crippen LogP contribution in [0, 0.1) is 13.8 Å². The highest BCUT2D eigenvalue weighted by atomic mass is 15.0. The molecule has 1 heteroatoms. The average Bonchev–Trinajstić information content (AvgIpc) is 2.48. The molecule has 0 amide bonds. The lowest BCUT2D eigenvalue weighted by atomic mass is 9.83. The molecule has 1 aliphatic rings. The summed E-state index contributed by atoms with van der Waals surface area (Å²) in [6.07, 6.45) is 5.29. The number of hydrogen-bond acceptors (Lipinski definition) is 1. The molecule has 0 saturated carbocycles. The standard InChI is InChI=1S/C15H23N/c1-12-8-7-9-14(13(12)2)15(3)10-5-4-6-11-16-15/h7-9,16H,4-6,10-11H2,1-3H3. The predicted molar refractivity (Wildman–Crippen MR) is 69.7 cm³/mol. The van der Waals surface area contributed by atoms with Gasteiger partial charge in [0.25, 0.3) is 0 Å². The lowest BCUT2D eigenvalue weighted by Crippen LogP contribution is -2.39. The molecule has 88 valence electrons. The van der Waals surface area contributed by atoms with Gasteiger partial charge in [-0.2, -0.15) is 0 Å². The van der Waals surface area contributed by atoms with Crippen LogP contribution in [0.3, 0.4) is 0 Å². The van der Waals surface area contributed by atoms with E-state index < -0.39 is 0 Å². The number of benzene rings is 1. The number of hydrogen-bond donors (Lipinski definition) is 1. The molecule has 2 rings (SSSR count). The molecule has 1 fully saturated rings. The highest BCUT2D eigenvalue weighted by Gasteiger charge is 2.28. The molecular formula is C15H23N. The van der Waals surface area contributed by atoms with Gasteiger partial charge in [0.15, 0.2) is 0 Å². The fourth-order valence-electron chi connectivity index (χ4n) is 2.81. The summed E-state index contributed by atoms with van der Waals surface area (Å²) in [5.41, 5.74) is 4.55. The highest BCUT2D eigenvalue weighted by molar-refractivity contribution is 5.38. The molecule has 1 nitrogen and oxygen atoms in total. The predicted octanol–water partition coefficient (Wildman–Crippen LogP) is 3.68. The van der Waals surface area contributed by atoms with Crippen molar-refractivity contribution in [3.05, 3.63) is 34.9 Å². The third-order valence-electron chi connectivity index (χ3n) is 4.07. The second kappa shape index (κ2) is 4.58. The van der Waals surface area contributed by atoms with E-state index in [-0.39, 0.29) is 5.54 Å². The van der Waals surface area contributed by atoms with Crippen molar-refractivity contribution >= 4 is 0 Å². The van der Waals surface area contributed by atoms with Crippen LogP contribution in [-0.4, -0.2) is 6.54 Å². The maximum atomic E-state index is 3.74. The van der Waals surface area contributed by atoms with Crippen LogP contribution in [0.15, 0.2) is 18.2 Å². The Labute approximate surface area is 99.3 Å². The van der Waals surface area contributed by atoms with Crippen LogP contribution >= 0.6 is 0 Å². The highest BCUT2D eigenvalue weighted by Crippen LogP contribution is 2.32. The van der Waals surface area contributed by atoms with Gasteiger partial charge in [0.05, 0.1) is 0 Å². The molecule has 16 heavy (non-hydrogen) atoms. The molecule has 0 spiro atoms. The summed E-state index contributed by atoms with van der Waals surface area (Å²) in [5, 5.41) is 3.74. The Kier molecular flexibility index (Phi) is 3.34. The minimum absolute atomic E-state index is 0.187. The van der Waals surface area contributed by atoms with Crippen molar-refractivity contribution in [3.8, 4) is 0 Å². The summed E-state index contributed by atoms with van der Waals surface area (Å²) in [7, 11) is 0. The average molecular weight is 217 g/mol. The Balaban J connectivity index is 2.37. The van der Waals surface area contributed by atoms with Crippen LogP contribution < -0.4 is 5.32 Å². The minimum atomic E-state index is 0.187. The van der Waals surface area contributed by atoms with Gasteiger partial charge in [-0.05, 0) is 56.8 Å². The molecule has 1 aliphatic heterocycles. The third-order valence-corrected chi connectivity index (χ3v) is 4.07. The SMILES string of the molecule is Cc1cccc(C2(C)CCCCCN2)c1C. The van der Waals surface area contributed by atoms with Gasteiger partial charge >= 0.3 is 0 Å². The Hall–Kier alpha value is -0.820. The summed E-state index contributed by atoms with van der Waals surface area (Å²) in [4.78, 5) is 0. The Morgan fingerprint density at radius 2 is 1.94 bits per heavy atom. The number of nitrogens with one attached hydrogen (secondary N) is 1. The van der Waals surface area contributed by atoms with Crippen LogP contribution in [-0.2, 0) is 5.54 Å². The Morgan fingerprint density at radius 1 is 1.12 bits per heavy atom. The van der Waals surface area contributed by atoms with Crippen LogP contribution in [0.25, 0.3) is 0 Å². The van der Waals surface area contributed by atoms with Crippen molar-refractivity contribution in [2.45, 2.75) is 52.0 Å². The second-order valence-electron chi connectivity index (χ2n) is 5.32. The lowest BCUT2D eigenvalue weighted by Gasteiger charge is -2.32. The zero-order chi connectivity index (χ0) is 11.6. The zero-order valence-corrected chi connectivity index (χ0v) is 10.8. The molecule has 0 aliphatic carbocycles. The maximum absolute atomic E-state index is 3.74. The van der Waals surface area contributed by atoms with Gasteiger partial charge in [-0.15, -0.1) is 0 Å². The van der Waals surface area contributed by atoms with Crippen LogP contribution in [0.1, 0.15) is 49.3 Å². The molecule has 1 aromatic carbocycles. The molecule has 1 saturated heterocycles. The topological polar surface area (TPSA) is 12.0 Å². The van der Waals surface area contributed by atoms with Crippen molar-refractivity contribution in [2.75, 3.05) is 6.54 Å². The smallest absolute Gasteiger partial charge is 0.0408 e. The van der Waals surface area contributed by atoms with E-state index in [1.54, 1.807) is 0 Å². The van der Waals surface area contributed by atoms with Crippen molar-refractivity contribution < 1.29 is 0 Å². The van der Waals surface area contributed by atoms with E-state index in [0.717, 1.165) is 6.54 Å². The van der Waals surface area contributed by atoms with E-state index >= 15 is 0 Å². The van der Waals surface area contributed by atoms with E-state index in [0.29, 0.717) is 0 Å². The van der Waals surface area contributed by atoms with Crippen molar-refractivity contribution in [2.24, 2.45) is 0 Å². The van der Waals surface area contributed by atoms with E-state index in [2.05, 4.69) is 44.3 Å². The van der Waals surface area contributed by atoms with Gasteiger partial charge in [-0.3, -0.25) is 0 Å². The first kappa shape index (κ1) is 11.7. The minimum Gasteiger partial charge on any atom is -0.308 e. The lowest BCUT2D eigenvalue weighted by molar-refractivity contribution is 0.357. The van der Waals surface area contributed by atoms with E-state index in [4.69, 9.17) is 0 Å². The van der Waals surface area contributed by atoms with Gasteiger partial charge in [0.1, 0.15) is 0 Å². The summed E-state index contributed by atoms with van der Waals surface area (Å²) < 4.78 is 0. The molecule has 0 aromatic heterocycles. The van der Waals surface area contributed by atoms with Gasteiger partial charge in [-0.1, -0.05) is 31.0 Å². The Morgan fingerprint density at radius 3 is 2.75 bits per heavy atom. The molecule has 1 unspecified atom stereocenters. The molecule has 1 aromatic rings. The fourth-order valence-corrected chi connectivity index (χ4v) is 2.81. The van der Waals surface area contributed by atoms with E-state index in [1.165, 1.54) is 42.4 Å². The number of aryl methyl sites for hydroxylation is 1. The van der Waals surface area contributed by atoms with Gasteiger partial charge < -0.3 is 5.32 Å². The van der Waals surface area contributed by atoms with Crippen LogP contribution in [0.5, 0.6) is 0 Å². The van der Waals surface area contributed by atoms with E-state index in [9.17, 15) is 0 Å². The molecule has 0 radical (unpaired) electrons. The largest absolute Gasteiger partial charge is 0.308 e. The molecule has 1 heterocycles. The van der Waals surface area contributed by atoms with Crippen LogP contribution in [0.2, 0.25) is 0 Å². The first-order chi connectivity index (χ1) is 7.63. The normalized spacial score (nSPS) is 26.4. The summed E-state index contributed by atoms with van der Waals surface area (Å²) >= 11 is 0. The molecular weight excluding hydrogens is 194 g/mol. The van der Waals surface area contributed by atoms with E-state index in [1.807, 2.05) is 0 Å². The maximum Gasteiger partial charge on any atom is 0.0408 e. The van der Waals surface area contributed by atoms with Crippen LogP contribution in [0.4, 0.5) is 0 Å². The summed E-state index contributed by atoms with van der Waals surface area (Å²) in [6, 6.07) is 6.69.